The molecule has 7 heteroatoms. The summed E-state index contributed by atoms with van der Waals surface area (Å²) in [6, 6.07) is 7.50. The summed E-state index contributed by atoms with van der Waals surface area (Å²) in [7, 11) is 1.64. The highest BCUT2D eigenvalue weighted by Gasteiger charge is 2.17. The third-order valence-electron chi connectivity index (χ3n) is 4.21. The van der Waals surface area contributed by atoms with Crippen molar-refractivity contribution in [3.8, 4) is 5.75 Å². The second-order valence-corrected chi connectivity index (χ2v) is 5.76. The molecule has 0 bridgehead atoms. The Kier molecular flexibility index (Phi) is 5.02. The van der Waals surface area contributed by atoms with Gasteiger partial charge < -0.3 is 14.6 Å². The van der Waals surface area contributed by atoms with Gasteiger partial charge in [-0.2, -0.15) is 5.10 Å². The summed E-state index contributed by atoms with van der Waals surface area (Å²) >= 11 is 0. The minimum absolute atomic E-state index is 0.0486. The first-order valence-electron chi connectivity index (χ1n) is 8.50. The van der Waals surface area contributed by atoms with Gasteiger partial charge in [-0.05, 0) is 32.0 Å². The van der Waals surface area contributed by atoms with E-state index in [4.69, 9.17) is 4.74 Å². The van der Waals surface area contributed by atoms with Crippen LogP contribution >= 0.6 is 0 Å². The average molecular weight is 341 g/mol. The zero-order valence-corrected chi connectivity index (χ0v) is 14.8. The zero-order valence-electron chi connectivity index (χ0n) is 14.8. The van der Waals surface area contributed by atoms with E-state index in [-0.39, 0.29) is 5.91 Å². The standard InChI is InChI=1S/C18H23N5O2/c1-4-22(18(24)15-8-11-23(5-2)21-15)10-9-17-19-14-7-6-13(25-3)12-16(14)20-17/h6-8,11-12H,4-5,9-10H2,1-3H3,(H,19,20). The van der Waals surface area contributed by atoms with Crippen molar-refractivity contribution in [3.63, 3.8) is 0 Å². The number of rotatable bonds is 7. The number of fused-ring (bicyclic) bond motifs is 1. The molecule has 0 saturated carbocycles. The maximum Gasteiger partial charge on any atom is 0.274 e. The van der Waals surface area contributed by atoms with Crippen LogP contribution in [-0.2, 0) is 13.0 Å². The first-order valence-corrected chi connectivity index (χ1v) is 8.50. The van der Waals surface area contributed by atoms with Gasteiger partial charge in [0.15, 0.2) is 0 Å². The molecule has 0 unspecified atom stereocenters. The highest BCUT2D eigenvalue weighted by atomic mass is 16.5. The molecular weight excluding hydrogens is 318 g/mol. The van der Waals surface area contributed by atoms with Gasteiger partial charge in [0.25, 0.3) is 5.91 Å². The number of nitrogens with one attached hydrogen (secondary N) is 1. The number of aromatic amines is 1. The lowest BCUT2D eigenvalue weighted by molar-refractivity contribution is 0.0759. The van der Waals surface area contributed by atoms with Crippen molar-refractivity contribution in [2.24, 2.45) is 0 Å². The van der Waals surface area contributed by atoms with E-state index < -0.39 is 0 Å². The number of ether oxygens (including phenoxy) is 1. The number of carbonyl (C=O) groups excluding carboxylic acids is 1. The van der Waals surface area contributed by atoms with Crippen LogP contribution in [0.3, 0.4) is 0 Å². The minimum atomic E-state index is -0.0486. The van der Waals surface area contributed by atoms with E-state index in [0.29, 0.717) is 25.2 Å². The van der Waals surface area contributed by atoms with Crippen LogP contribution in [-0.4, -0.2) is 50.8 Å². The van der Waals surface area contributed by atoms with E-state index in [1.54, 1.807) is 22.8 Å². The molecule has 0 saturated heterocycles. The average Bonchev–Trinajstić information content (AvgIpc) is 3.27. The van der Waals surface area contributed by atoms with Gasteiger partial charge in [0, 0.05) is 38.3 Å². The largest absolute Gasteiger partial charge is 0.497 e. The van der Waals surface area contributed by atoms with E-state index in [1.165, 1.54) is 0 Å². The lowest BCUT2D eigenvalue weighted by Crippen LogP contribution is -2.33. The summed E-state index contributed by atoms with van der Waals surface area (Å²) in [5.41, 5.74) is 2.32. The van der Waals surface area contributed by atoms with Gasteiger partial charge in [-0.1, -0.05) is 0 Å². The molecule has 0 aliphatic heterocycles. The molecule has 132 valence electrons. The SMILES string of the molecule is CCN(CCc1nc2ccc(OC)cc2[nH]1)C(=O)c1ccn(CC)n1. The number of H-pyrrole nitrogens is 1. The number of hydrogen-bond acceptors (Lipinski definition) is 4. The Labute approximate surface area is 146 Å². The summed E-state index contributed by atoms with van der Waals surface area (Å²) in [4.78, 5) is 22.2. The second-order valence-electron chi connectivity index (χ2n) is 5.76. The maximum atomic E-state index is 12.6. The van der Waals surface area contributed by atoms with Crippen molar-refractivity contribution in [3.05, 3.63) is 42.0 Å². The highest BCUT2D eigenvalue weighted by molar-refractivity contribution is 5.92. The smallest absolute Gasteiger partial charge is 0.274 e. The van der Waals surface area contributed by atoms with Crippen molar-refractivity contribution in [1.82, 2.24) is 24.6 Å². The number of likely N-dealkylation sites (N-methyl/N-ethyl adjacent to an activating group) is 1. The highest BCUT2D eigenvalue weighted by Crippen LogP contribution is 2.19. The number of hydrogen-bond donors (Lipinski definition) is 1. The third-order valence-corrected chi connectivity index (χ3v) is 4.21. The lowest BCUT2D eigenvalue weighted by Gasteiger charge is -2.19. The first-order chi connectivity index (χ1) is 12.1. The van der Waals surface area contributed by atoms with Crippen LogP contribution in [0, 0.1) is 0 Å². The van der Waals surface area contributed by atoms with Crippen molar-refractivity contribution in [2.75, 3.05) is 20.2 Å². The van der Waals surface area contributed by atoms with Crippen LogP contribution in [0.1, 0.15) is 30.2 Å². The molecule has 7 nitrogen and oxygen atoms in total. The third kappa shape index (κ3) is 3.65. The van der Waals surface area contributed by atoms with Crippen LogP contribution in [0.15, 0.2) is 30.5 Å². The van der Waals surface area contributed by atoms with Gasteiger partial charge in [-0.15, -0.1) is 0 Å². The van der Waals surface area contributed by atoms with E-state index in [1.807, 2.05) is 38.2 Å². The van der Waals surface area contributed by atoms with E-state index in [2.05, 4.69) is 15.1 Å². The number of imidazole rings is 1. The molecule has 0 aliphatic carbocycles. The summed E-state index contributed by atoms with van der Waals surface area (Å²) in [5, 5.41) is 4.29. The Balaban J connectivity index is 1.69. The molecule has 0 fully saturated rings. The minimum Gasteiger partial charge on any atom is -0.497 e. The maximum absolute atomic E-state index is 12.6. The second kappa shape index (κ2) is 7.38. The molecule has 1 N–H and O–H groups in total. The molecule has 0 atom stereocenters. The van der Waals surface area contributed by atoms with E-state index in [9.17, 15) is 4.79 Å². The fourth-order valence-corrected chi connectivity index (χ4v) is 2.74. The van der Waals surface area contributed by atoms with Crippen LogP contribution in [0.25, 0.3) is 11.0 Å². The Morgan fingerprint density at radius 2 is 2.16 bits per heavy atom. The van der Waals surface area contributed by atoms with Crippen LogP contribution in [0.4, 0.5) is 0 Å². The quantitative estimate of drug-likeness (QED) is 0.716. The molecular formula is C18H23N5O2. The Hall–Kier alpha value is -2.83. The Morgan fingerprint density at radius 1 is 1.32 bits per heavy atom. The van der Waals surface area contributed by atoms with Crippen LogP contribution in [0.2, 0.25) is 0 Å². The molecule has 3 aromatic rings. The van der Waals surface area contributed by atoms with Gasteiger partial charge in [-0.3, -0.25) is 9.48 Å². The predicted octanol–water partition coefficient (Wildman–Crippen LogP) is 2.49. The fraction of sp³-hybridized carbons (Fsp3) is 0.389. The molecule has 0 aliphatic rings. The molecule has 1 amide bonds. The Bertz CT molecular complexity index is 867. The molecule has 2 heterocycles. The van der Waals surface area contributed by atoms with Gasteiger partial charge >= 0.3 is 0 Å². The summed E-state index contributed by atoms with van der Waals surface area (Å²) in [5.74, 6) is 1.60. The van der Waals surface area contributed by atoms with Gasteiger partial charge in [0.2, 0.25) is 0 Å². The lowest BCUT2D eigenvalue weighted by atomic mass is 10.3. The van der Waals surface area contributed by atoms with Crippen molar-refractivity contribution < 1.29 is 9.53 Å². The van der Waals surface area contributed by atoms with Crippen LogP contribution in [0.5, 0.6) is 5.75 Å². The number of aryl methyl sites for hydroxylation is 1. The number of methoxy groups -OCH3 is 1. The summed E-state index contributed by atoms with van der Waals surface area (Å²) < 4.78 is 6.99. The Morgan fingerprint density at radius 3 is 2.84 bits per heavy atom. The van der Waals surface area contributed by atoms with E-state index >= 15 is 0 Å². The van der Waals surface area contributed by atoms with Crippen molar-refractivity contribution in [1.29, 1.82) is 0 Å². The summed E-state index contributed by atoms with van der Waals surface area (Å²) in [6.07, 6.45) is 2.48. The zero-order chi connectivity index (χ0) is 17.8. The molecule has 0 radical (unpaired) electrons. The van der Waals surface area contributed by atoms with Crippen molar-refractivity contribution >= 4 is 16.9 Å². The summed E-state index contributed by atoms with van der Waals surface area (Å²) in [6.45, 7) is 5.94. The first kappa shape index (κ1) is 17.0. The molecule has 3 rings (SSSR count). The predicted molar refractivity (Wildman–Crippen MR) is 95.8 cm³/mol. The number of carbonyl (C=O) groups is 1. The molecule has 0 spiro atoms. The van der Waals surface area contributed by atoms with Crippen LogP contribution < -0.4 is 4.74 Å². The monoisotopic (exact) mass is 341 g/mol. The molecule has 2 aromatic heterocycles. The molecule has 1 aromatic carbocycles. The number of benzene rings is 1. The normalized spacial score (nSPS) is 11.0. The van der Waals surface area contributed by atoms with Gasteiger partial charge in [-0.25, -0.2) is 4.98 Å². The molecule has 25 heavy (non-hydrogen) atoms. The van der Waals surface area contributed by atoms with E-state index in [0.717, 1.165) is 29.2 Å². The van der Waals surface area contributed by atoms with Crippen molar-refractivity contribution in [2.45, 2.75) is 26.8 Å². The van der Waals surface area contributed by atoms with Gasteiger partial charge in [0.1, 0.15) is 17.3 Å². The topological polar surface area (TPSA) is 76.0 Å². The number of aromatic nitrogens is 4. The number of amides is 1. The number of nitrogens with zero attached hydrogens (tertiary/aromatic N) is 4. The van der Waals surface area contributed by atoms with Gasteiger partial charge in [0.05, 0.1) is 18.1 Å². The fourth-order valence-electron chi connectivity index (χ4n) is 2.74.